The van der Waals surface area contributed by atoms with Crippen LogP contribution in [0.2, 0.25) is 0 Å². The molecule has 0 saturated carbocycles. The van der Waals surface area contributed by atoms with E-state index in [1.54, 1.807) is 6.33 Å². The minimum atomic E-state index is -0.0861. The van der Waals surface area contributed by atoms with E-state index >= 15 is 0 Å². The van der Waals surface area contributed by atoms with Gasteiger partial charge in [-0.05, 0) is 48.2 Å². The van der Waals surface area contributed by atoms with Gasteiger partial charge in [0.25, 0.3) is 0 Å². The van der Waals surface area contributed by atoms with Gasteiger partial charge >= 0.3 is 0 Å². The first-order chi connectivity index (χ1) is 17.8. The maximum atomic E-state index is 12.6. The minimum absolute atomic E-state index is 0.0861. The van der Waals surface area contributed by atoms with Gasteiger partial charge in [0.1, 0.15) is 5.69 Å². The van der Waals surface area contributed by atoms with Crippen molar-refractivity contribution in [3.8, 4) is 39.6 Å². The van der Waals surface area contributed by atoms with E-state index in [0.717, 1.165) is 57.3 Å². The maximum absolute atomic E-state index is 12.6. The maximum Gasteiger partial charge on any atom is 0.165 e. The number of ketones is 1. The molecule has 2 aromatic carbocycles. The van der Waals surface area contributed by atoms with Crippen molar-refractivity contribution < 1.29 is 4.79 Å². The van der Waals surface area contributed by atoms with Gasteiger partial charge in [-0.3, -0.25) is 9.78 Å². The van der Waals surface area contributed by atoms with Crippen LogP contribution in [0.1, 0.15) is 36.3 Å². The van der Waals surface area contributed by atoms with Gasteiger partial charge in [0, 0.05) is 35.0 Å². The van der Waals surface area contributed by atoms with Crippen LogP contribution in [0.25, 0.3) is 39.6 Å². The smallest absolute Gasteiger partial charge is 0.165 e. The summed E-state index contributed by atoms with van der Waals surface area (Å²) in [5.41, 5.74) is 14.4. The van der Waals surface area contributed by atoms with Gasteiger partial charge in [0.15, 0.2) is 5.78 Å². The fourth-order valence-corrected chi connectivity index (χ4v) is 4.94. The van der Waals surface area contributed by atoms with Crippen LogP contribution in [-0.2, 0) is 6.42 Å². The largest absolute Gasteiger partial charge is 0.399 e. The second-order valence-corrected chi connectivity index (χ2v) is 10.4. The Morgan fingerprint density at radius 2 is 1.54 bits per heavy atom. The number of nitrogens with zero attached hydrogens (tertiary/aromatic N) is 4. The summed E-state index contributed by atoms with van der Waals surface area (Å²) in [6.07, 6.45) is 5.09. The molecule has 37 heavy (non-hydrogen) atoms. The van der Waals surface area contributed by atoms with E-state index in [1.165, 1.54) is 0 Å². The second-order valence-electron chi connectivity index (χ2n) is 10.4. The van der Waals surface area contributed by atoms with Crippen LogP contribution < -0.4 is 5.73 Å². The SMILES string of the molecule is CC1(C)CC(=O)c2ccc(-c3cn(-c4cc(-c5ccccc5)nc(-c5cccc(N)c5)c4)cn3)nc2C1. The lowest BCUT2D eigenvalue weighted by Crippen LogP contribution is -2.27. The van der Waals surface area contributed by atoms with Crippen molar-refractivity contribution >= 4 is 11.5 Å². The summed E-state index contributed by atoms with van der Waals surface area (Å²) in [6.45, 7) is 4.23. The number of rotatable bonds is 4. The highest BCUT2D eigenvalue weighted by Crippen LogP contribution is 2.35. The number of carbonyl (C=O) groups is 1. The Kier molecular flexibility index (Phi) is 5.45. The zero-order chi connectivity index (χ0) is 25.6. The molecule has 1 aliphatic carbocycles. The van der Waals surface area contributed by atoms with Gasteiger partial charge in [-0.25, -0.2) is 9.97 Å². The first kappa shape index (κ1) is 22.9. The molecule has 0 atom stereocenters. The van der Waals surface area contributed by atoms with E-state index in [1.807, 2.05) is 71.4 Å². The summed E-state index contributed by atoms with van der Waals surface area (Å²) in [7, 11) is 0. The molecule has 182 valence electrons. The van der Waals surface area contributed by atoms with Crippen molar-refractivity contribution in [3.05, 3.63) is 103 Å². The first-order valence-corrected chi connectivity index (χ1v) is 12.4. The second kappa shape index (κ2) is 8.82. The predicted molar refractivity (Wildman–Crippen MR) is 146 cm³/mol. The van der Waals surface area contributed by atoms with Gasteiger partial charge in [-0.2, -0.15) is 0 Å². The number of pyridine rings is 2. The summed E-state index contributed by atoms with van der Waals surface area (Å²) in [5.74, 6) is 0.162. The Morgan fingerprint density at radius 1 is 0.784 bits per heavy atom. The number of imidazole rings is 1. The molecule has 1 aliphatic rings. The van der Waals surface area contributed by atoms with Gasteiger partial charge in [0.2, 0.25) is 0 Å². The molecule has 0 bridgehead atoms. The summed E-state index contributed by atoms with van der Waals surface area (Å²) in [5, 5.41) is 0. The average molecular weight is 486 g/mol. The molecule has 0 fully saturated rings. The van der Waals surface area contributed by atoms with Crippen LogP contribution in [-0.4, -0.2) is 25.3 Å². The fourth-order valence-electron chi connectivity index (χ4n) is 4.94. The van der Waals surface area contributed by atoms with E-state index in [2.05, 4.69) is 37.0 Å². The van der Waals surface area contributed by atoms with E-state index in [0.29, 0.717) is 12.1 Å². The zero-order valence-electron chi connectivity index (χ0n) is 20.8. The molecule has 6 nitrogen and oxygen atoms in total. The molecule has 0 aliphatic heterocycles. The number of fused-ring (bicyclic) bond motifs is 1. The van der Waals surface area contributed by atoms with Crippen molar-refractivity contribution in [2.75, 3.05) is 5.73 Å². The molecule has 0 spiro atoms. The molecule has 6 heteroatoms. The number of hydrogen-bond donors (Lipinski definition) is 1. The quantitative estimate of drug-likeness (QED) is 0.298. The Hall–Kier alpha value is -4.58. The Morgan fingerprint density at radius 3 is 2.32 bits per heavy atom. The lowest BCUT2D eigenvalue weighted by molar-refractivity contribution is 0.0910. The molecule has 2 N–H and O–H groups in total. The number of hydrogen-bond acceptors (Lipinski definition) is 5. The monoisotopic (exact) mass is 485 g/mol. The predicted octanol–water partition coefficient (Wildman–Crippen LogP) is 6.40. The number of nitrogens with two attached hydrogens (primary N) is 1. The number of nitrogen functional groups attached to an aromatic ring is 1. The van der Waals surface area contributed by atoms with E-state index in [-0.39, 0.29) is 11.2 Å². The number of aromatic nitrogens is 4. The van der Waals surface area contributed by atoms with Crippen LogP contribution in [0.4, 0.5) is 5.69 Å². The molecule has 3 heterocycles. The van der Waals surface area contributed by atoms with Crippen LogP contribution in [0.3, 0.4) is 0 Å². The average Bonchev–Trinajstić information content (AvgIpc) is 3.38. The van der Waals surface area contributed by atoms with Crippen molar-refractivity contribution in [2.45, 2.75) is 26.7 Å². The van der Waals surface area contributed by atoms with E-state index in [4.69, 9.17) is 15.7 Å². The van der Waals surface area contributed by atoms with Gasteiger partial charge in [0.05, 0.1) is 34.8 Å². The highest BCUT2D eigenvalue weighted by Gasteiger charge is 2.32. The van der Waals surface area contributed by atoms with Gasteiger partial charge in [-0.15, -0.1) is 0 Å². The molecule has 0 radical (unpaired) electrons. The molecule has 0 unspecified atom stereocenters. The molecule has 6 rings (SSSR count). The van der Waals surface area contributed by atoms with Crippen LogP contribution in [0.15, 0.2) is 91.4 Å². The summed E-state index contributed by atoms with van der Waals surface area (Å²) < 4.78 is 1.98. The molecule has 0 saturated heterocycles. The standard InChI is InChI=1S/C31H27N5O/c1-31(2)16-28-24(30(37)17-31)11-12-25(34-28)29-18-36(19-33-29)23-14-26(20-7-4-3-5-8-20)35-27(15-23)21-9-6-10-22(32)13-21/h3-15,18-19H,16-17,32H2,1-2H3. The summed E-state index contributed by atoms with van der Waals surface area (Å²) in [4.78, 5) is 27.0. The number of anilines is 1. The molecule has 0 amide bonds. The van der Waals surface area contributed by atoms with Crippen molar-refractivity contribution in [2.24, 2.45) is 5.41 Å². The van der Waals surface area contributed by atoms with Crippen LogP contribution >= 0.6 is 0 Å². The number of Topliss-reactive ketones (excluding diaryl/α,β-unsaturated/α-hetero) is 1. The zero-order valence-corrected chi connectivity index (χ0v) is 20.8. The third kappa shape index (κ3) is 4.54. The van der Waals surface area contributed by atoms with E-state index in [9.17, 15) is 4.79 Å². The van der Waals surface area contributed by atoms with Gasteiger partial charge in [-0.1, -0.05) is 56.3 Å². The molecular weight excluding hydrogens is 458 g/mol. The van der Waals surface area contributed by atoms with Crippen LogP contribution in [0, 0.1) is 5.41 Å². The highest BCUT2D eigenvalue weighted by atomic mass is 16.1. The van der Waals surface area contributed by atoms with Gasteiger partial charge < -0.3 is 10.3 Å². The van der Waals surface area contributed by atoms with Crippen molar-refractivity contribution in [1.82, 2.24) is 19.5 Å². The summed E-state index contributed by atoms with van der Waals surface area (Å²) >= 11 is 0. The van der Waals surface area contributed by atoms with Crippen molar-refractivity contribution in [1.29, 1.82) is 0 Å². The normalized spacial score (nSPS) is 14.4. The lowest BCUT2D eigenvalue weighted by Gasteiger charge is -2.29. The van der Waals surface area contributed by atoms with Crippen molar-refractivity contribution in [3.63, 3.8) is 0 Å². The fraction of sp³-hybridized carbons (Fsp3) is 0.161. The third-order valence-electron chi connectivity index (χ3n) is 6.76. The minimum Gasteiger partial charge on any atom is -0.399 e. The topological polar surface area (TPSA) is 86.7 Å². The third-order valence-corrected chi connectivity index (χ3v) is 6.76. The van der Waals surface area contributed by atoms with E-state index < -0.39 is 0 Å². The summed E-state index contributed by atoms with van der Waals surface area (Å²) in [6, 6.07) is 25.7. The van der Waals surface area contributed by atoms with Crippen LogP contribution in [0.5, 0.6) is 0 Å². The number of benzene rings is 2. The molecule has 3 aromatic heterocycles. The molecular formula is C31H27N5O. The highest BCUT2D eigenvalue weighted by molar-refractivity contribution is 5.98. The first-order valence-electron chi connectivity index (χ1n) is 12.4. The Bertz CT molecular complexity index is 1640. The lowest BCUT2D eigenvalue weighted by atomic mass is 9.75. The number of carbonyl (C=O) groups excluding carboxylic acids is 1. The Balaban J connectivity index is 1.42. The molecule has 5 aromatic rings. The Labute approximate surface area is 215 Å².